The summed E-state index contributed by atoms with van der Waals surface area (Å²) < 4.78 is 2.92. The fraction of sp³-hybridized carbons (Fsp3) is 0.500. The minimum atomic E-state index is -0.196. The number of hydrogen-bond acceptors (Lipinski definition) is 3. The second-order valence-corrected chi connectivity index (χ2v) is 1.67. The first-order chi connectivity index (χ1) is 3.27. The van der Waals surface area contributed by atoms with E-state index in [1.807, 2.05) is 0 Å². The molecule has 0 saturated carbocycles. The van der Waals surface area contributed by atoms with Gasteiger partial charge in [-0.3, -0.25) is 4.79 Å². The number of carbonyl (C=O) groups is 1. The van der Waals surface area contributed by atoms with Gasteiger partial charge in [0.2, 0.25) is 0 Å². The van der Waals surface area contributed by atoms with Gasteiger partial charge >= 0.3 is 0 Å². The summed E-state index contributed by atoms with van der Waals surface area (Å²) in [7, 11) is 0. The lowest BCUT2D eigenvalue weighted by molar-refractivity contribution is -0.109. The molecule has 0 aromatic carbocycles. The van der Waals surface area contributed by atoms with Crippen molar-refractivity contribution in [2.45, 2.75) is 6.92 Å². The SMILES string of the molecule is CC(=O)SN=[N+]=[N-]. The first-order valence-corrected chi connectivity index (χ1v) is 2.26. The number of rotatable bonds is 1. The number of nitrogens with zero attached hydrogens (tertiary/aromatic N) is 3. The average Bonchev–Trinajstić information content (AvgIpc) is 1.61. The molecule has 0 amide bonds. The lowest BCUT2D eigenvalue weighted by Gasteiger charge is -1.73. The van der Waals surface area contributed by atoms with Crippen LogP contribution in [0.4, 0.5) is 0 Å². The maximum atomic E-state index is 9.90. The lowest BCUT2D eigenvalue weighted by atomic mass is 10.9. The van der Waals surface area contributed by atoms with Crippen LogP contribution in [-0.2, 0) is 4.79 Å². The van der Waals surface area contributed by atoms with Crippen molar-refractivity contribution in [1.29, 1.82) is 0 Å². The standard InChI is InChI=1S/C2H3N3OS/c1-2(6)7-5-4-3/h1H3. The van der Waals surface area contributed by atoms with Gasteiger partial charge in [-0.05, 0) is 10.1 Å². The van der Waals surface area contributed by atoms with Gasteiger partial charge in [0.15, 0.2) is 5.12 Å². The molecule has 0 spiro atoms. The molecule has 0 saturated heterocycles. The Balaban J connectivity index is 3.32. The van der Waals surface area contributed by atoms with Crippen LogP contribution in [0.2, 0.25) is 0 Å². The molecular weight excluding hydrogens is 114 g/mol. The highest BCUT2D eigenvalue weighted by atomic mass is 32.2. The number of carbonyl (C=O) groups excluding carboxylic acids is 1. The van der Waals surface area contributed by atoms with Crippen molar-refractivity contribution in [3.8, 4) is 0 Å². The molecule has 0 bridgehead atoms. The summed E-state index contributed by atoms with van der Waals surface area (Å²) in [6.45, 7) is 1.33. The average molecular weight is 117 g/mol. The minimum absolute atomic E-state index is 0.196. The van der Waals surface area contributed by atoms with Gasteiger partial charge in [-0.25, -0.2) is 0 Å². The summed E-state index contributed by atoms with van der Waals surface area (Å²) in [5, 5.41) is -0.196. The Labute approximate surface area is 44.7 Å². The van der Waals surface area contributed by atoms with Gasteiger partial charge in [-0.2, -0.15) is 0 Å². The largest absolute Gasteiger partial charge is 0.287 e. The van der Waals surface area contributed by atoms with Crippen LogP contribution in [-0.4, -0.2) is 5.12 Å². The zero-order valence-corrected chi connectivity index (χ0v) is 4.47. The third-order valence-electron chi connectivity index (χ3n) is 0.206. The summed E-state index contributed by atoms with van der Waals surface area (Å²) in [5.41, 5.74) is 7.60. The Morgan fingerprint density at radius 1 is 2.00 bits per heavy atom. The van der Waals surface area contributed by atoms with E-state index in [0.29, 0.717) is 11.9 Å². The Morgan fingerprint density at radius 3 is 2.71 bits per heavy atom. The third-order valence-corrected chi connectivity index (χ3v) is 0.618. The second kappa shape index (κ2) is 3.52. The van der Waals surface area contributed by atoms with Crippen molar-refractivity contribution < 1.29 is 4.79 Å². The van der Waals surface area contributed by atoms with Crippen LogP contribution in [0.1, 0.15) is 6.92 Å². The van der Waals surface area contributed by atoms with Crippen LogP contribution in [0.25, 0.3) is 10.4 Å². The van der Waals surface area contributed by atoms with E-state index in [1.54, 1.807) is 0 Å². The molecule has 0 radical (unpaired) electrons. The quantitative estimate of drug-likeness (QED) is 0.226. The zero-order valence-electron chi connectivity index (χ0n) is 3.66. The molecule has 0 aromatic rings. The van der Waals surface area contributed by atoms with Gasteiger partial charge in [-0.1, -0.05) is 0 Å². The molecule has 0 aliphatic heterocycles. The molecule has 5 heteroatoms. The summed E-state index contributed by atoms with van der Waals surface area (Å²) in [6, 6.07) is 0. The zero-order chi connectivity index (χ0) is 5.70. The number of hydrogen-bond donors (Lipinski definition) is 0. The highest BCUT2D eigenvalue weighted by molar-refractivity contribution is 8.12. The fourth-order valence-electron chi connectivity index (χ4n) is 0.0757. The van der Waals surface area contributed by atoms with Crippen molar-refractivity contribution in [2.75, 3.05) is 0 Å². The first-order valence-electron chi connectivity index (χ1n) is 1.49. The van der Waals surface area contributed by atoms with Crippen molar-refractivity contribution >= 4 is 17.1 Å². The molecule has 7 heavy (non-hydrogen) atoms. The van der Waals surface area contributed by atoms with Gasteiger partial charge in [-0.15, -0.1) is 0 Å². The van der Waals surface area contributed by atoms with Crippen molar-refractivity contribution in [3.63, 3.8) is 0 Å². The van der Waals surface area contributed by atoms with E-state index in [1.165, 1.54) is 6.92 Å². The molecule has 0 aliphatic carbocycles. The predicted octanol–water partition coefficient (Wildman–Crippen LogP) is 1.49. The van der Waals surface area contributed by atoms with Crippen LogP contribution in [0.5, 0.6) is 0 Å². The highest BCUT2D eigenvalue weighted by Crippen LogP contribution is 2.00. The van der Waals surface area contributed by atoms with E-state index in [2.05, 4.69) is 9.43 Å². The van der Waals surface area contributed by atoms with Crippen molar-refractivity contribution in [1.82, 2.24) is 0 Å². The molecular formula is C2H3N3OS. The molecule has 0 fully saturated rings. The Morgan fingerprint density at radius 2 is 2.57 bits per heavy atom. The van der Waals surface area contributed by atoms with E-state index in [9.17, 15) is 4.79 Å². The molecule has 4 nitrogen and oxygen atoms in total. The van der Waals surface area contributed by atoms with Gasteiger partial charge in [0.1, 0.15) is 0 Å². The molecule has 38 valence electrons. The van der Waals surface area contributed by atoms with Gasteiger partial charge in [0, 0.05) is 23.8 Å². The van der Waals surface area contributed by atoms with E-state index >= 15 is 0 Å². The normalized spacial score (nSPS) is 7.00. The summed E-state index contributed by atoms with van der Waals surface area (Å²) in [4.78, 5) is 12.2. The Hall–Kier alpha value is -0.670. The van der Waals surface area contributed by atoms with Gasteiger partial charge in [0.05, 0.1) is 0 Å². The van der Waals surface area contributed by atoms with Crippen LogP contribution < -0.4 is 0 Å². The predicted molar refractivity (Wildman–Crippen MR) is 27.4 cm³/mol. The molecule has 0 unspecified atom stereocenters. The smallest absolute Gasteiger partial charge is 0.192 e. The maximum absolute atomic E-state index is 9.90. The number of azide groups is 1. The Bertz CT molecular complexity index is 116. The van der Waals surface area contributed by atoms with E-state index < -0.39 is 0 Å². The topological polar surface area (TPSA) is 65.8 Å². The monoisotopic (exact) mass is 117 g/mol. The molecule has 0 aromatic heterocycles. The summed E-state index contributed by atoms with van der Waals surface area (Å²) in [5.74, 6) is 0. The van der Waals surface area contributed by atoms with Crippen LogP contribution >= 0.6 is 11.9 Å². The summed E-state index contributed by atoms with van der Waals surface area (Å²) >= 11 is 0.601. The fourth-order valence-corrected chi connectivity index (χ4v) is 0.227. The molecule has 0 heterocycles. The van der Waals surface area contributed by atoms with Gasteiger partial charge in [0.25, 0.3) is 0 Å². The molecule has 0 N–H and O–H groups in total. The Kier molecular flexibility index (Phi) is 3.18. The lowest BCUT2D eigenvalue weighted by Crippen LogP contribution is -1.71. The van der Waals surface area contributed by atoms with Crippen LogP contribution in [0.15, 0.2) is 4.52 Å². The van der Waals surface area contributed by atoms with E-state index in [-0.39, 0.29) is 5.12 Å². The maximum Gasteiger partial charge on any atom is 0.192 e. The minimum Gasteiger partial charge on any atom is -0.287 e. The van der Waals surface area contributed by atoms with Crippen LogP contribution in [0.3, 0.4) is 0 Å². The highest BCUT2D eigenvalue weighted by Gasteiger charge is 1.83. The van der Waals surface area contributed by atoms with Crippen LogP contribution in [0, 0.1) is 0 Å². The first kappa shape index (κ1) is 6.33. The third kappa shape index (κ3) is 5.33. The van der Waals surface area contributed by atoms with Crippen molar-refractivity contribution in [2.24, 2.45) is 4.52 Å². The van der Waals surface area contributed by atoms with Crippen molar-refractivity contribution in [3.05, 3.63) is 10.4 Å². The van der Waals surface area contributed by atoms with E-state index in [0.717, 1.165) is 0 Å². The summed E-state index contributed by atoms with van der Waals surface area (Å²) in [6.07, 6.45) is 0. The van der Waals surface area contributed by atoms with E-state index in [4.69, 9.17) is 5.53 Å². The molecule has 0 atom stereocenters. The van der Waals surface area contributed by atoms with Gasteiger partial charge < -0.3 is 0 Å². The molecule has 0 rings (SSSR count). The second-order valence-electron chi connectivity index (χ2n) is 0.754. The molecule has 0 aliphatic rings.